The maximum atomic E-state index is 12.6. The van der Waals surface area contributed by atoms with Gasteiger partial charge in [0.25, 0.3) is 5.91 Å². The normalized spacial score (nSPS) is 19.3. The molecule has 27 heavy (non-hydrogen) atoms. The van der Waals surface area contributed by atoms with E-state index in [9.17, 15) is 9.59 Å². The van der Waals surface area contributed by atoms with E-state index in [1.807, 2.05) is 23.3 Å². The first kappa shape index (κ1) is 17.6. The zero-order valence-electron chi connectivity index (χ0n) is 15.7. The molecule has 0 spiro atoms. The molecule has 1 fully saturated rings. The van der Waals surface area contributed by atoms with Crippen molar-refractivity contribution in [3.05, 3.63) is 41.5 Å². The third-order valence-electron chi connectivity index (χ3n) is 5.46. The average Bonchev–Trinajstić information content (AvgIpc) is 3.05. The fourth-order valence-electron chi connectivity index (χ4n) is 3.56. The number of carbonyl (C=O) groups is 2. The number of hydrogen-bond donors (Lipinski definition) is 1. The largest absolute Gasteiger partial charge is 0.345 e. The fourth-order valence-corrected chi connectivity index (χ4v) is 3.56. The number of aromatic nitrogens is 4. The van der Waals surface area contributed by atoms with Crippen LogP contribution in [0.2, 0.25) is 0 Å². The number of carbonyl (C=O) groups excluding carboxylic acids is 2. The summed E-state index contributed by atoms with van der Waals surface area (Å²) in [7, 11) is 0. The molecule has 2 aromatic rings. The molecule has 0 bridgehead atoms. The van der Waals surface area contributed by atoms with Gasteiger partial charge in [-0.15, -0.1) is 0 Å². The van der Waals surface area contributed by atoms with Crippen LogP contribution >= 0.6 is 0 Å². The maximum Gasteiger partial charge on any atom is 0.271 e. The van der Waals surface area contributed by atoms with Crippen LogP contribution in [0.5, 0.6) is 0 Å². The molecule has 8 nitrogen and oxygen atoms in total. The van der Waals surface area contributed by atoms with Crippen molar-refractivity contribution in [3.8, 4) is 0 Å². The molecule has 3 heterocycles. The van der Waals surface area contributed by atoms with Crippen molar-refractivity contribution in [2.24, 2.45) is 5.92 Å². The van der Waals surface area contributed by atoms with Gasteiger partial charge in [-0.3, -0.25) is 19.6 Å². The highest BCUT2D eigenvalue weighted by molar-refractivity contribution is 5.92. The zero-order chi connectivity index (χ0) is 19.0. The van der Waals surface area contributed by atoms with Gasteiger partial charge in [-0.25, -0.2) is 4.98 Å². The van der Waals surface area contributed by atoms with E-state index in [4.69, 9.17) is 0 Å². The lowest BCUT2D eigenvalue weighted by Crippen LogP contribution is -2.45. The molecule has 0 radical (unpaired) electrons. The Labute approximate surface area is 158 Å². The lowest BCUT2D eigenvalue weighted by atomic mass is 9.84. The van der Waals surface area contributed by atoms with Crippen molar-refractivity contribution in [3.63, 3.8) is 0 Å². The quantitative estimate of drug-likeness (QED) is 0.885. The molecule has 1 atom stereocenters. The van der Waals surface area contributed by atoms with Crippen molar-refractivity contribution in [2.45, 2.75) is 52.2 Å². The van der Waals surface area contributed by atoms with E-state index in [0.29, 0.717) is 31.0 Å². The van der Waals surface area contributed by atoms with Crippen LogP contribution in [0.4, 0.5) is 0 Å². The third-order valence-corrected chi connectivity index (χ3v) is 5.46. The van der Waals surface area contributed by atoms with E-state index in [-0.39, 0.29) is 23.8 Å². The van der Waals surface area contributed by atoms with E-state index < -0.39 is 0 Å². The second-order valence-electron chi connectivity index (χ2n) is 7.34. The first-order chi connectivity index (χ1) is 13.0. The number of nitrogens with one attached hydrogen (secondary N) is 1. The van der Waals surface area contributed by atoms with Gasteiger partial charge in [-0.05, 0) is 26.7 Å². The highest BCUT2D eigenvalue weighted by atomic mass is 16.2. The van der Waals surface area contributed by atoms with E-state index in [0.717, 1.165) is 30.8 Å². The minimum atomic E-state index is -0.247. The summed E-state index contributed by atoms with van der Waals surface area (Å²) in [6.45, 7) is 5.49. The van der Waals surface area contributed by atoms with Crippen molar-refractivity contribution >= 4 is 11.8 Å². The topological polar surface area (TPSA) is 93.0 Å². The van der Waals surface area contributed by atoms with E-state index in [1.54, 1.807) is 18.6 Å². The van der Waals surface area contributed by atoms with Gasteiger partial charge in [-0.2, -0.15) is 0 Å². The molecule has 0 aromatic carbocycles. The van der Waals surface area contributed by atoms with Gasteiger partial charge in [0.15, 0.2) is 0 Å². The molecule has 1 aliphatic heterocycles. The Morgan fingerprint density at radius 2 is 2.04 bits per heavy atom. The van der Waals surface area contributed by atoms with Gasteiger partial charge in [0.1, 0.15) is 11.5 Å². The minimum absolute atomic E-state index is 0.114. The van der Waals surface area contributed by atoms with Crippen molar-refractivity contribution in [2.75, 3.05) is 6.54 Å². The lowest BCUT2D eigenvalue weighted by Gasteiger charge is -2.38. The standard InChI is InChI=1S/C19H24N6O2/c1-12-8-21-15(9-20-12)10-22-18(26)16-11-24-6-7-25(13(2)17(24)23-16)19(27)14-4-3-5-14/h8-9,11,13-14H,3-7,10H2,1-2H3,(H,22,26). The molecular formula is C19H24N6O2. The van der Waals surface area contributed by atoms with Gasteiger partial charge < -0.3 is 14.8 Å². The minimum Gasteiger partial charge on any atom is -0.345 e. The van der Waals surface area contributed by atoms with Crippen LogP contribution in [0.15, 0.2) is 18.6 Å². The second-order valence-corrected chi connectivity index (χ2v) is 7.34. The summed E-state index contributed by atoms with van der Waals surface area (Å²) in [6.07, 6.45) is 8.22. The van der Waals surface area contributed by atoms with Crippen LogP contribution in [0.1, 0.15) is 59.9 Å². The molecule has 1 aliphatic carbocycles. The molecule has 1 N–H and O–H groups in total. The second kappa shape index (κ2) is 7.09. The molecule has 2 amide bonds. The van der Waals surface area contributed by atoms with Crippen LogP contribution in [0.3, 0.4) is 0 Å². The highest BCUT2D eigenvalue weighted by Gasteiger charge is 2.36. The summed E-state index contributed by atoms with van der Waals surface area (Å²) in [5.74, 6) is 0.928. The number of hydrogen-bond acceptors (Lipinski definition) is 5. The number of aryl methyl sites for hydroxylation is 1. The van der Waals surface area contributed by atoms with Gasteiger partial charge in [-0.1, -0.05) is 6.42 Å². The number of rotatable bonds is 4. The van der Waals surface area contributed by atoms with E-state index in [1.165, 1.54) is 0 Å². The number of nitrogens with zero attached hydrogens (tertiary/aromatic N) is 5. The Morgan fingerprint density at radius 3 is 2.70 bits per heavy atom. The molecule has 1 unspecified atom stereocenters. The monoisotopic (exact) mass is 368 g/mol. The van der Waals surface area contributed by atoms with E-state index in [2.05, 4.69) is 20.3 Å². The lowest BCUT2D eigenvalue weighted by molar-refractivity contribution is -0.141. The summed E-state index contributed by atoms with van der Waals surface area (Å²) in [6, 6.07) is -0.114. The molecular weight excluding hydrogens is 344 g/mol. The van der Waals surface area contributed by atoms with Crippen LogP contribution < -0.4 is 5.32 Å². The summed E-state index contributed by atoms with van der Waals surface area (Å²) >= 11 is 0. The highest BCUT2D eigenvalue weighted by Crippen LogP contribution is 2.33. The van der Waals surface area contributed by atoms with Gasteiger partial charge in [0.2, 0.25) is 5.91 Å². The van der Waals surface area contributed by atoms with Crippen LogP contribution in [-0.2, 0) is 17.9 Å². The van der Waals surface area contributed by atoms with Crippen LogP contribution in [0.25, 0.3) is 0 Å². The number of amides is 2. The average molecular weight is 368 g/mol. The van der Waals surface area contributed by atoms with Crippen LogP contribution in [-0.4, -0.2) is 42.8 Å². The molecule has 8 heteroatoms. The SMILES string of the molecule is Cc1cnc(CNC(=O)c2cn3c(n2)C(C)N(C(=O)C2CCC2)CC3)cn1. The van der Waals surface area contributed by atoms with Gasteiger partial charge in [0.05, 0.1) is 30.2 Å². The zero-order valence-corrected chi connectivity index (χ0v) is 15.7. The summed E-state index contributed by atoms with van der Waals surface area (Å²) in [5.41, 5.74) is 1.90. The molecule has 0 saturated heterocycles. The Morgan fingerprint density at radius 1 is 1.22 bits per heavy atom. The maximum absolute atomic E-state index is 12.6. The van der Waals surface area contributed by atoms with Gasteiger partial charge in [0, 0.05) is 31.4 Å². The molecule has 142 valence electrons. The van der Waals surface area contributed by atoms with Crippen LogP contribution in [0, 0.1) is 12.8 Å². The third kappa shape index (κ3) is 3.43. The molecule has 2 aromatic heterocycles. The Hall–Kier alpha value is -2.77. The van der Waals surface area contributed by atoms with Gasteiger partial charge >= 0.3 is 0 Å². The Kier molecular flexibility index (Phi) is 4.63. The molecule has 4 rings (SSSR count). The smallest absolute Gasteiger partial charge is 0.271 e. The Balaban J connectivity index is 1.43. The molecule has 1 saturated carbocycles. The molecule has 2 aliphatic rings. The fraction of sp³-hybridized carbons (Fsp3) is 0.526. The summed E-state index contributed by atoms with van der Waals surface area (Å²) in [4.78, 5) is 39.9. The summed E-state index contributed by atoms with van der Waals surface area (Å²) in [5, 5.41) is 2.83. The first-order valence-corrected chi connectivity index (χ1v) is 9.46. The van der Waals surface area contributed by atoms with Crippen molar-refractivity contribution < 1.29 is 9.59 Å². The van der Waals surface area contributed by atoms with Crippen molar-refractivity contribution in [1.29, 1.82) is 0 Å². The predicted molar refractivity (Wildman–Crippen MR) is 97.6 cm³/mol. The van der Waals surface area contributed by atoms with E-state index >= 15 is 0 Å². The number of fused-ring (bicyclic) bond motifs is 1. The summed E-state index contributed by atoms with van der Waals surface area (Å²) < 4.78 is 1.98. The predicted octanol–water partition coefficient (Wildman–Crippen LogP) is 1.61. The first-order valence-electron chi connectivity index (χ1n) is 9.46. The Bertz CT molecular complexity index is 856. The number of imidazole rings is 1. The van der Waals surface area contributed by atoms with Crippen molar-refractivity contribution in [1.82, 2.24) is 29.7 Å².